The molecule has 1 fully saturated rings. The number of thiazole rings is 1. The minimum absolute atomic E-state index is 0.351. The van der Waals surface area contributed by atoms with Crippen molar-refractivity contribution in [1.82, 2.24) is 19.7 Å². The topological polar surface area (TPSA) is 56.1 Å². The van der Waals surface area contributed by atoms with Crippen molar-refractivity contribution >= 4 is 26.7 Å². The van der Waals surface area contributed by atoms with Gasteiger partial charge in [-0.05, 0) is 31.9 Å². The van der Waals surface area contributed by atoms with Crippen LogP contribution in [0, 0.1) is 0 Å². The van der Waals surface area contributed by atoms with Crippen LogP contribution in [-0.4, -0.2) is 39.5 Å². The van der Waals surface area contributed by atoms with Gasteiger partial charge in [0.05, 0.1) is 22.8 Å². The van der Waals surface area contributed by atoms with Gasteiger partial charge in [-0.1, -0.05) is 23.5 Å². The van der Waals surface area contributed by atoms with E-state index in [2.05, 4.69) is 44.8 Å². The standard InChI is InChI=1S/C18H21N5OS/c1-12-10-22(18-19-14-4-2-3-5-15(14)25-18)11-16-20-21-17(23(12)16)13-6-8-24-9-7-13/h2-5,12-13H,6-11H2,1H3/t12-/m0/s1. The van der Waals surface area contributed by atoms with Gasteiger partial charge in [-0.15, -0.1) is 10.2 Å². The van der Waals surface area contributed by atoms with Crippen molar-refractivity contribution in [1.29, 1.82) is 0 Å². The molecule has 4 heterocycles. The first-order chi connectivity index (χ1) is 12.3. The highest BCUT2D eigenvalue weighted by molar-refractivity contribution is 7.22. The summed E-state index contributed by atoms with van der Waals surface area (Å²) in [5.74, 6) is 2.68. The lowest BCUT2D eigenvalue weighted by molar-refractivity contribution is 0.0823. The summed E-state index contributed by atoms with van der Waals surface area (Å²) in [6, 6.07) is 8.68. The van der Waals surface area contributed by atoms with Crippen molar-refractivity contribution in [3.8, 4) is 0 Å². The van der Waals surface area contributed by atoms with Gasteiger partial charge in [-0.2, -0.15) is 0 Å². The SMILES string of the molecule is C[C@H]1CN(c2nc3ccccc3s2)Cc2nnc(C3CCOCC3)n21. The lowest BCUT2D eigenvalue weighted by Gasteiger charge is -2.33. The van der Waals surface area contributed by atoms with Crippen LogP contribution in [-0.2, 0) is 11.3 Å². The molecule has 0 radical (unpaired) electrons. The molecule has 0 amide bonds. The zero-order valence-electron chi connectivity index (χ0n) is 14.3. The average molecular weight is 355 g/mol. The van der Waals surface area contributed by atoms with E-state index >= 15 is 0 Å². The Labute approximate surface area is 150 Å². The van der Waals surface area contributed by atoms with Crippen molar-refractivity contribution in [3.05, 3.63) is 35.9 Å². The van der Waals surface area contributed by atoms with E-state index < -0.39 is 0 Å². The highest BCUT2D eigenvalue weighted by Crippen LogP contribution is 2.35. The monoisotopic (exact) mass is 355 g/mol. The van der Waals surface area contributed by atoms with Gasteiger partial charge in [0.25, 0.3) is 0 Å². The normalized spacial score (nSPS) is 21.6. The fourth-order valence-corrected chi connectivity index (χ4v) is 4.91. The number of nitrogens with zero attached hydrogens (tertiary/aromatic N) is 5. The van der Waals surface area contributed by atoms with E-state index in [0.717, 1.165) is 61.4 Å². The summed E-state index contributed by atoms with van der Waals surface area (Å²) >= 11 is 1.76. The van der Waals surface area contributed by atoms with E-state index in [-0.39, 0.29) is 0 Å². The molecule has 3 aromatic rings. The Morgan fingerprint density at radius 3 is 2.84 bits per heavy atom. The van der Waals surface area contributed by atoms with Crippen molar-refractivity contribution in [3.63, 3.8) is 0 Å². The second-order valence-electron chi connectivity index (χ2n) is 6.92. The van der Waals surface area contributed by atoms with Crippen LogP contribution >= 0.6 is 11.3 Å². The van der Waals surface area contributed by atoms with E-state index in [1.54, 1.807) is 11.3 Å². The van der Waals surface area contributed by atoms with Gasteiger partial charge in [0, 0.05) is 25.7 Å². The molecule has 130 valence electrons. The van der Waals surface area contributed by atoms with Crippen LogP contribution in [0.2, 0.25) is 0 Å². The summed E-state index contributed by atoms with van der Waals surface area (Å²) in [6.07, 6.45) is 2.10. The van der Waals surface area contributed by atoms with Gasteiger partial charge in [0.2, 0.25) is 0 Å². The Kier molecular flexibility index (Phi) is 3.71. The van der Waals surface area contributed by atoms with Gasteiger partial charge in [-0.25, -0.2) is 4.98 Å². The molecule has 1 atom stereocenters. The molecule has 0 aliphatic carbocycles. The molecular formula is C18H21N5OS. The summed E-state index contributed by atoms with van der Waals surface area (Å²) in [6.45, 7) is 5.65. The number of aromatic nitrogens is 4. The molecule has 5 rings (SSSR count). The van der Waals surface area contributed by atoms with Crippen LogP contribution in [0.3, 0.4) is 0 Å². The van der Waals surface area contributed by atoms with E-state index in [4.69, 9.17) is 9.72 Å². The molecule has 0 unspecified atom stereocenters. The second kappa shape index (κ2) is 6.07. The zero-order valence-corrected chi connectivity index (χ0v) is 15.1. The lowest BCUT2D eigenvalue weighted by Crippen LogP contribution is -2.37. The Balaban J connectivity index is 1.45. The summed E-state index contributed by atoms with van der Waals surface area (Å²) in [7, 11) is 0. The first kappa shape index (κ1) is 15.3. The number of para-hydroxylation sites is 1. The maximum absolute atomic E-state index is 5.50. The number of fused-ring (bicyclic) bond motifs is 2. The number of rotatable bonds is 2. The third kappa shape index (κ3) is 2.62. The molecule has 25 heavy (non-hydrogen) atoms. The van der Waals surface area contributed by atoms with Crippen molar-refractivity contribution in [2.75, 3.05) is 24.7 Å². The highest BCUT2D eigenvalue weighted by Gasteiger charge is 2.31. The van der Waals surface area contributed by atoms with E-state index in [1.165, 1.54) is 4.70 Å². The number of hydrogen-bond donors (Lipinski definition) is 0. The lowest BCUT2D eigenvalue weighted by atomic mass is 9.99. The van der Waals surface area contributed by atoms with Gasteiger partial charge < -0.3 is 14.2 Å². The number of hydrogen-bond acceptors (Lipinski definition) is 6. The molecule has 7 heteroatoms. The second-order valence-corrected chi connectivity index (χ2v) is 7.93. The predicted octanol–water partition coefficient (Wildman–Crippen LogP) is 3.36. The van der Waals surface area contributed by atoms with Crippen LogP contribution in [0.5, 0.6) is 0 Å². The molecule has 6 nitrogen and oxygen atoms in total. The molecule has 0 saturated carbocycles. The van der Waals surface area contributed by atoms with E-state index in [1.807, 2.05) is 6.07 Å². The van der Waals surface area contributed by atoms with Crippen molar-refractivity contribution in [2.45, 2.75) is 38.3 Å². The van der Waals surface area contributed by atoms with Gasteiger partial charge in [-0.3, -0.25) is 0 Å². The zero-order chi connectivity index (χ0) is 16.8. The molecule has 2 aromatic heterocycles. The summed E-state index contributed by atoms with van der Waals surface area (Å²) in [4.78, 5) is 7.15. The molecule has 1 aromatic carbocycles. The van der Waals surface area contributed by atoms with Crippen molar-refractivity contribution in [2.24, 2.45) is 0 Å². The van der Waals surface area contributed by atoms with Crippen LogP contribution in [0.4, 0.5) is 5.13 Å². The Morgan fingerprint density at radius 2 is 2.00 bits per heavy atom. The maximum atomic E-state index is 5.50. The molecule has 0 bridgehead atoms. The van der Waals surface area contributed by atoms with Crippen LogP contribution in [0.15, 0.2) is 24.3 Å². The van der Waals surface area contributed by atoms with Gasteiger partial charge >= 0.3 is 0 Å². The number of ether oxygens (including phenoxy) is 1. The Hall–Kier alpha value is -1.99. The van der Waals surface area contributed by atoms with Gasteiger partial charge in [0.15, 0.2) is 11.0 Å². The first-order valence-electron chi connectivity index (χ1n) is 8.91. The molecule has 1 saturated heterocycles. The van der Waals surface area contributed by atoms with Gasteiger partial charge in [0.1, 0.15) is 5.82 Å². The third-order valence-corrected chi connectivity index (χ3v) is 6.29. The number of benzene rings is 1. The summed E-state index contributed by atoms with van der Waals surface area (Å²) in [5, 5.41) is 10.2. The Bertz CT molecular complexity index is 865. The average Bonchev–Trinajstić information content (AvgIpc) is 3.26. The highest BCUT2D eigenvalue weighted by atomic mass is 32.1. The van der Waals surface area contributed by atoms with Crippen LogP contribution in [0.1, 0.15) is 43.4 Å². The fourth-order valence-electron chi connectivity index (χ4n) is 3.94. The first-order valence-corrected chi connectivity index (χ1v) is 9.73. The minimum atomic E-state index is 0.351. The number of anilines is 1. The van der Waals surface area contributed by atoms with E-state index in [9.17, 15) is 0 Å². The molecule has 2 aliphatic rings. The quantitative estimate of drug-likeness (QED) is 0.705. The molecular weight excluding hydrogens is 334 g/mol. The van der Waals surface area contributed by atoms with Crippen LogP contribution in [0.25, 0.3) is 10.2 Å². The molecule has 0 spiro atoms. The predicted molar refractivity (Wildman–Crippen MR) is 98.2 cm³/mol. The Morgan fingerprint density at radius 1 is 1.16 bits per heavy atom. The fraction of sp³-hybridized carbons (Fsp3) is 0.500. The molecule has 0 N–H and O–H groups in total. The minimum Gasteiger partial charge on any atom is -0.381 e. The third-order valence-electron chi connectivity index (χ3n) is 5.19. The van der Waals surface area contributed by atoms with E-state index in [0.29, 0.717) is 12.0 Å². The van der Waals surface area contributed by atoms with Crippen molar-refractivity contribution < 1.29 is 4.74 Å². The summed E-state index contributed by atoms with van der Waals surface area (Å²) in [5.41, 5.74) is 1.07. The van der Waals surface area contributed by atoms with Crippen LogP contribution < -0.4 is 4.90 Å². The smallest absolute Gasteiger partial charge is 0.186 e. The largest absolute Gasteiger partial charge is 0.381 e. The molecule has 2 aliphatic heterocycles. The maximum Gasteiger partial charge on any atom is 0.186 e. The summed E-state index contributed by atoms with van der Waals surface area (Å²) < 4.78 is 9.10.